The van der Waals surface area contributed by atoms with Gasteiger partial charge in [0.2, 0.25) is 0 Å². The van der Waals surface area contributed by atoms with Crippen molar-refractivity contribution in [3.05, 3.63) is 119 Å². The fourth-order valence-electron chi connectivity index (χ4n) is 4.67. The van der Waals surface area contributed by atoms with Gasteiger partial charge >= 0.3 is 0 Å². The summed E-state index contributed by atoms with van der Waals surface area (Å²) in [6.07, 6.45) is 0. The van der Waals surface area contributed by atoms with Crippen LogP contribution in [0.1, 0.15) is 15.9 Å². The Hall–Kier alpha value is -3.88. The van der Waals surface area contributed by atoms with Crippen molar-refractivity contribution in [2.45, 2.75) is 0 Å². The first-order chi connectivity index (χ1) is 15.7. The second kappa shape index (κ2) is 7.37. The van der Waals surface area contributed by atoms with Gasteiger partial charge in [-0.05, 0) is 40.1 Å². The molecule has 152 valence electrons. The van der Waals surface area contributed by atoms with Gasteiger partial charge in [0.1, 0.15) is 0 Å². The molecule has 1 heterocycles. The van der Waals surface area contributed by atoms with Gasteiger partial charge in [-0.25, -0.2) is 0 Å². The van der Waals surface area contributed by atoms with E-state index in [-0.39, 0.29) is 5.78 Å². The normalized spacial score (nSPS) is 11.4. The lowest BCUT2D eigenvalue weighted by molar-refractivity contribution is 0.104. The first-order valence-electron chi connectivity index (χ1n) is 10.5. The molecular formula is C29H18ClNO. The van der Waals surface area contributed by atoms with Crippen molar-refractivity contribution in [3.8, 4) is 11.1 Å². The predicted octanol–water partition coefficient (Wildman–Crippen LogP) is 8.03. The molecule has 0 amide bonds. The van der Waals surface area contributed by atoms with Crippen LogP contribution >= 0.6 is 11.6 Å². The Labute approximate surface area is 190 Å². The van der Waals surface area contributed by atoms with Gasteiger partial charge in [0, 0.05) is 26.9 Å². The molecule has 0 atom stereocenters. The topological polar surface area (TPSA) is 32.9 Å². The number of carbonyl (C=O) groups is 1. The predicted molar refractivity (Wildman–Crippen MR) is 134 cm³/mol. The third kappa shape index (κ3) is 2.84. The minimum atomic E-state index is 0.00376. The smallest absolute Gasteiger partial charge is 0.195 e. The molecule has 0 spiro atoms. The van der Waals surface area contributed by atoms with Gasteiger partial charge in [-0.3, -0.25) is 4.79 Å². The molecule has 5 aromatic carbocycles. The maximum absolute atomic E-state index is 13.8. The lowest BCUT2D eigenvalue weighted by Gasteiger charge is -2.15. The summed E-state index contributed by atoms with van der Waals surface area (Å²) in [5.41, 5.74) is 5.37. The maximum Gasteiger partial charge on any atom is 0.195 e. The second-order valence-corrected chi connectivity index (χ2v) is 8.36. The molecule has 0 radical (unpaired) electrons. The SMILES string of the molecule is O=C(c1ccccc1)c1c2ccccc2c(-c2ccccc2)c2c1[nH]c1ccc(Cl)cc12. The van der Waals surface area contributed by atoms with Gasteiger partial charge in [-0.15, -0.1) is 0 Å². The summed E-state index contributed by atoms with van der Waals surface area (Å²) in [6, 6.07) is 33.8. The van der Waals surface area contributed by atoms with E-state index < -0.39 is 0 Å². The van der Waals surface area contributed by atoms with E-state index in [1.165, 1.54) is 0 Å². The molecule has 3 heteroatoms. The quantitative estimate of drug-likeness (QED) is 0.282. The fourth-order valence-corrected chi connectivity index (χ4v) is 4.85. The van der Waals surface area contributed by atoms with Crippen molar-refractivity contribution in [2.24, 2.45) is 0 Å². The Morgan fingerprint density at radius 3 is 2.09 bits per heavy atom. The number of hydrogen-bond donors (Lipinski definition) is 1. The molecule has 0 unspecified atom stereocenters. The number of carbonyl (C=O) groups excluding carboxylic acids is 1. The molecule has 0 saturated heterocycles. The molecule has 1 aromatic heterocycles. The fraction of sp³-hybridized carbons (Fsp3) is 0. The molecule has 0 fully saturated rings. The number of ketones is 1. The van der Waals surface area contributed by atoms with E-state index in [2.05, 4.69) is 23.2 Å². The van der Waals surface area contributed by atoms with Crippen molar-refractivity contribution in [3.63, 3.8) is 0 Å². The Balaban J connectivity index is 1.86. The highest BCUT2D eigenvalue weighted by atomic mass is 35.5. The number of aromatic amines is 1. The highest BCUT2D eigenvalue weighted by molar-refractivity contribution is 6.34. The lowest BCUT2D eigenvalue weighted by atomic mass is 9.88. The largest absolute Gasteiger partial charge is 0.354 e. The first-order valence-corrected chi connectivity index (χ1v) is 10.9. The van der Waals surface area contributed by atoms with E-state index in [1.807, 2.05) is 84.9 Å². The summed E-state index contributed by atoms with van der Waals surface area (Å²) in [4.78, 5) is 17.4. The number of halogens is 1. The number of fused-ring (bicyclic) bond motifs is 4. The van der Waals surface area contributed by atoms with E-state index in [0.717, 1.165) is 43.7 Å². The molecular weight excluding hydrogens is 414 g/mol. The average molecular weight is 432 g/mol. The molecule has 0 bridgehead atoms. The highest BCUT2D eigenvalue weighted by Crippen LogP contribution is 2.43. The molecule has 2 nitrogen and oxygen atoms in total. The summed E-state index contributed by atoms with van der Waals surface area (Å²) in [5.74, 6) is 0.00376. The third-order valence-electron chi connectivity index (χ3n) is 6.05. The summed E-state index contributed by atoms with van der Waals surface area (Å²) in [5, 5.41) is 4.68. The van der Waals surface area contributed by atoms with Crippen LogP contribution in [0.5, 0.6) is 0 Å². The molecule has 6 aromatic rings. The summed E-state index contributed by atoms with van der Waals surface area (Å²) < 4.78 is 0. The van der Waals surface area contributed by atoms with Crippen LogP contribution in [0.25, 0.3) is 43.7 Å². The zero-order valence-corrected chi connectivity index (χ0v) is 17.9. The number of rotatable bonds is 3. The van der Waals surface area contributed by atoms with Crippen molar-refractivity contribution in [2.75, 3.05) is 0 Å². The van der Waals surface area contributed by atoms with Crippen LogP contribution in [-0.2, 0) is 0 Å². The van der Waals surface area contributed by atoms with E-state index in [4.69, 9.17) is 11.6 Å². The Morgan fingerprint density at radius 1 is 0.688 bits per heavy atom. The maximum atomic E-state index is 13.8. The monoisotopic (exact) mass is 431 g/mol. The third-order valence-corrected chi connectivity index (χ3v) is 6.29. The Kier molecular flexibility index (Phi) is 4.34. The van der Waals surface area contributed by atoms with Gasteiger partial charge in [0.05, 0.1) is 11.1 Å². The minimum absolute atomic E-state index is 0.00376. The summed E-state index contributed by atoms with van der Waals surface area (Å²) >= 11 is 6.41. The van der Waals surface area contributed by atoms with E-state index in [0.29, 0.717) is 16.1 Å². The zero-order chi connectivity index (χ0) is 21.7. The van der Waals surface area contributed by atoms with E-state index in [9.17, 15) is 4.79 Å². The van der Waals surface area contributed by atoms with Crippen molar-refractivity contribution in [1.29, 1.82) is 0 Å². The van der Waals surface area contributed by atoms with Crippen LogP contribution in [0.15, 0.2) is 103 Å². The standard InChI is InChI=1S/C29H18ClNO/c30-20-15-16-24-23(17-20)26-25(18-9-3-1-4-10-18)21-13-7-8-14-22(21)27(28(26)31-24)29(32)19-11-5-2-6-12-19/h1-17,31H. The van der Waals surface area contributed by atoms with Crippen LogP contribution in [0.3, 0.4) is 0 Å². The van der Waals surface area contributed by atoms with E-state index in [1.54, 1.807) is 0 Å². The molecule has 6 rings (SSSR count). The first kappa shape index (κ1) is 18.9. The van der Waals surface area contributed by atoms with Crippen LogP contribution in [-0.4, -0.2) is 10.8 Å². The molecule has 0 aliphatic heterocycles. The molecule has 32 heavy (non-hydrogen) atoms. The van der Waals surface area contributed by atoms with Gasteiger partial charge < -0.3 is 4.98 Å². The van der Waals surface area contributed by atoms with Gasteiger partial charge in [0.15, 0.2) is 5.78 Å². The van der Waals surface area contributed by atoms with Crippen molar-refractivity contribution < 1.29 is 4.79 Å². The minimum Gasteiger partial charge on any atom is -0.354 e. The second-order valence-electron chi connectivity index (χ2n) is 7.92. The number of hydrogen-bond acceptors (Lipinski definition) is 1. The van der Waals surface area contributed by atoms with Gasteiger partial charge in [-0.1, -0.05) is 96.5 Å². The van der Waals surface area contributed by atoms with Crippen LogP contribution in [0, 0.1) is 0 Å². The van der Waals surface area contributed by atoms with Crippen LogP contribution < -0.4 is 0 Å². The van der Waals surface area contributed by atoms with Crippen molar-refractivity contribution in [1.82, 2.24) is 4.98 Å². The molecule has 1 N–H and O–H groups in total. The zero-order valence-electron chi connectivity index (χ0n) is 17.1. The van der Waals surface area contributed by atoms with Crippen molar-refractivity contribution >= 4 is 50.0 Å². The van der Waals surface area contributed by atoms with Crippen LogP contribution in [0.4, 0.5) is 0 Å². The summed E-state index contributed by atoms with van der Waals surface area (Å²) in [7, 11) is 0. The molecule has 0 saturated carbocycles. The number of H-pyrrole nitrogens is 1. The number of benzene rings is 5. The number of aromatic nitrogens is 1. The van der Waals surface area contributed by atoms with Gasteiger partial charge in [0.25, 0.3) is 0 Å². The Bertz CT molecular complexity index is 1630. The summed E-state index contributed by atoms with van der Waals surface area (Å²) in [6.45, 7) is 0. The van der Waals surface area contributed by atoms with Gasteiger partial charge in [-0.2, -0.15) is 0 Å². The lowest BCUT2D eigenvalue weighted by Crippen LogP contribution is -2.04. The highest BCUT2D eigenvalue weighted by Gasteiger charge is 2.23. The van der Waals surface area contributed by atoms with E-state index >= 15 is 0 Å². The molecule has 0 aliphatic carbocycles. The number of nitrogens with one attached hydrogen (secondary N) is 1. The average Bonchev–Trinajstić information content (AvgIpc) is 3.21. The van der Waals surface area contributed by atoms with Crippen LogP contribution in [0.2, 0.25) is 5.02 Å². The Morgan fingerprint density at radius 2 is 1.34 bits per heavy atom. The molecule has 0 aliphatic rings.